The lowest BCUT2D eigenvalue weighted by Gasteiger charge is -2.28. The predicted molar refractivity (Wildman–Crippen MR) is 64.0 cm³/mol. The second kappa shape index (κ2) is 5.12. The lowest BCUT2D eigenvalue weighted by Crippen LogP contribution is -2.27. The lowest BCUT2D eigenvalue weighted by atomic mass is 9.87. The van der Waals surface area contributed by atoms with E-state index >= 15 is 0 Å². The molecule has 0 radical (unpaired) electrons. The molecule has 1 aliphatic carbocycles. The van der Waals surface area contributed by atoms with Crippen molar-refractivity contribution < 1.29 is 9.90 Å². The summed E-state index contributed by atoms with van der Waals surface area (Å²) in [6, 6.07) is 0.313. The summed E-state index contributed by atoms with van der Waals surface area (Å²) < 4.78 is 0. The Balaban J connectivity index is 2.10. The molecule has 0 aromatic carbocycles. The molecule has 92 valence electrons. The van der Waals surface area contributed by atoms with Gasteiger partial charge in [0.1, 0.15) is 0 Å². The predicted octanol–water partition coefficient (Wildman–Crippen LogP) is 2.17. The van der Waals surface area contributed by atoms with E-state index in [2.05, 4.69) is 22.2 Å². The summed E-state index contributed by atoms with van der Waals surface area (Å²) in [7, 11) is 0. The normalized spacial score (nSPS) is 24.3. The number of anilines is 1. The van der Waals surface area contributed by atoms with Crippen LogP contribution in [0.3, 0.4) is 0 Å². The number of nitrogens with zero attached hydrogens (tertiary/aromatic N) is 2. The molecule has 0 saturated heterocycles. The van der Waals surface area contributed by atoms with E-state index < -0.39 is 5.97 Å². The van der Waals surface area contributed by atoms with Crippen LogP contribution in [0.2, 0.25) is 0 Å². The first-order valence-electron chi connectivity index (χ1n) is 5.97. The molecular formula is C12H17N3O2. The van der Waals surface area contributed by atoms with Crippen molar-refractivity contribution in [2.75, 3.05) is 5.32 Å². The number of hydrogen-bond acceptors (Lipinski definition) is 4. The molecule has 2 N–H and O–H groups in total. The second-order valence-corrected chi connectivity index (χ2v) is 4.67. The van der Waals surface area contributed by atoms with E-state index in [0.29, 0.717) is 17.8 Å². The van der Waals surface area contributed by atoms with Crippen LogP contribution >= 0.6 is 0 Å². The van der Waals surface area contributed by atoms with Gasteiger partial charge in [0.25, 0.3) is 0 Å². The van der Waals surface area contributed by atoms with Crippen LogP contribution in [-0.2, 0) is 0 Å². The van der Waals surface area contributed by atoms with Gasteiger partial charge in [0.05, 0.1) is 0 Å². The Morgan fingerprint density at radius 3 is 2.88 bits per heavy atom. The first-order chi connectivity index (χ1) is 8.16. The van der Waals surface area contributed by atoms with Crippen molar-refractivity contribution in [3.05, 3.63) is 18.1 Å². The molecule has 5 nitrogen and oxygen atoms in total. The molecule has 1 heterocycles. The zero-order valence-electron chi connectivity index (χ0n) is 9.89. The highest BCUT2D eigenvalue weighted by Gasteiger charge is 2.21. The molecule has 2 atom stereocenters. The molecule has 1 aromatic heterocycles. The van der Waals surface area contributed by atoms with Gasteiger partial charge in [-0.2, -0.15) is 0 Å². The molecule has 1 saturated carbocycles. The van der Waals surface area contributed by atoms with E-state index in [1.54, 1.807) is 0 Å². The molecule has 1 aromatic rings. The van der Waals surface area contributed by atoms with Crippen LogP contribution in [0.25, 0.3) is 0 Å². The van der Waals surface area contributed by atoms with Gasteiger partial charge in [0.2, 0.25) is 0 Å². The largest absolute Gasteiger partial charge is 0.476 e. The maximum absolute atomic E-state index is 11.0. The third kappa shape index (κ3) is 2.93. The van der Waals surface area contributed by atoms with E-state index in [0.717, 1.165) is 12.8 Å². The summed E-state index contributed by atoms with van der Waals surface area (Å²) in [6.45, 7) is 2.22. The van der Waals surface area contributed by atoms with Crippen molar-refractivity contribution in [2.24, 2.45) is 5.92 Å². The van der Waals surface area contributed by atoms with E-state index in [1.807, 2.05) is 0 Å². The Hall–Kier alpha value is -1.65. The van der Waals surface area contributed by atoms with Gasteiger partial charge >= 0.3 is 5.97 Å². The van der Waals surface area contributed by atoms with Crippen molar-refractivity contribution in [1.29, 1.82) is 0 Å². The Bertz CT molecular complexity index is 408. The number of carboxylic acid groups (broad SMARTS) is 1. The molecular weight excluding hydrogens is 218 g/mol. The van der Waals surface area contributed by atoms with Gasteiger partial charge in [-0.05, 0) is 18.8 Å². The maximum atomic E-state index is 11.0. The van der Waals surface area contributed by atoms with Crippen LogP contribution < -0.4 is 5.32 Å². The van der Waals surface area contributed by atoms with Gasteiger partial charge in [-0.15, -0.1) is 0 Å². The molecule has 2 unspecified atom stereocenters. The lowest BCUT2D eigenvalue weighted by molar-refractivity contribution is 0.0691. The Labute approximate surface area is 100 Å². The van der Waals surface area contributed by atoms with Gasteiger partial charge in [-0.3, -0.25) is 0 Å². The first-order valence-corrected chi connectivity index (χ1v) is 5.97. The number of carboxylic acids is 1. The third-order valence-corrected chi connectivity index (χ3v) is 3.18. The summed E-state index contributed by atoms with van der Waals surface area (Å²) in [5, 5.41) is 12.2. The van der Waals surface area contributed by atoms with Crippen LogP contribution in [0.4, 0.5) is 5.82 Å². The fraction of sp³-hybridized carbons (Fsp3) is 0.583. The summed E-state index contributed by atoms with van der Waals surface area (Å²) in [5.41, 5.74) is 0.00530. The minimum atomic E-state index is -1.04. The zero-order valence-corrected chi connectivity index (χ0v) is 9.89. The topological polar surface area (TPSA) is 75.1 Å². The van der Waals surface area contributed by atoms with Crippen LogP contribution in [0.1, 0.15) is 43.1 Å². The molecule has 1 fully saturated rings. The van der Waals surface area contributed by atoms with Gasteiger partial charge in [0, 0.05) is 18.4 Å². The molecule has 0 spiro atoms. The standard InChI is InChI=1S/C12H17N3O2/c1-8-3-2-4-9(7-8)15-11-10(12(16)17)13-5-6-14-11/h5-6,8-9H,2-4,7H2,1H3,(H,14,15)(H,16,17). The van der Waals surface area contributed by atoms with Gasteiger partial charge in [-0.1, -0.05) is 19.8 Å². The highest BCUT2D eigenvalue weighted by atomic mass is 16.4. The van der Waals surface area contributed by atoms with Crippen LogP contribution in [0, 0.1) is 5.92 Å². The quantitative estimate of drug-likeness (QED) is 0.839. The molecule has 2 rings (SSSR count). The van der Waals surface area contributed by atoms with Gasteiger partial charge < -0.3 is 10.4 Å². The summed E-state index contributed by atoms with van der Waals surface area (Å²) in [6.07, 6.45) is 7.49. The maximum Gasteiger partial charge on any atom is 0.358 e. The summed E-state index contributed by atoms with van der Waals surface area (Å²) in [4.78, 5) is 18.9. The van der Waals surface area contributed by atoms with Crippen molar-refractivity contribution in [2.45, 2.75) is 38.6 Å². The zero-order chi connectivity index (χ0) is 12.3. The van der Waals surface area contributed by atoms with E-state index in [4.69, 9.17) is 5.11 Å². The monoisotopic (exact) mass is 235 g/mol. The highest BCUT2D eigenvalue weighted by molar-refractivity contribution is 5.90. The average Bonchev–Trinajstić information content (AvgIpc) is 2.29. The van der Waals surface area contributed by atoms with Gasteiger partial charge in [0.15, 0.2) is 11.5 Å². The first kappa shape index (κ1) is 11.8. The van der Waals surface area contributed by atoms with Crippen molar-refractivity contribution >= 4 is 11.8 Å². The van der Waals surface area contributed by atoms with Gasteiger partial charge in [-0.25, -0.2) is 14.8 Å². The number of aromatic carboxylic acids is 1. The highest BCUT2D eigenvalue weighted by Crippen LogP contribution is 2.26. The van der Waals surface area contributed by atoms with E-state index in [9.17, 15) is 4.79 Å². The molecule has 0 bridgehead atoms. The van der Waals surface area contributed by atoms with Crippen molar-refractivity contribution in [3.63, 3.8) is 0 Å². The fourth-order valence-corrected chi connectivity index (χ4v) is 2.36. The van der Waals surface area contributed by atoms with E-state index in [1.165, 1.54) is 25.2 Å². The SMILES string of the molecule is CC1CCCC(Nc2nccnc2C(=O)O)C1. The number of aromatic nitrogens is 2. The Morgan fingerprint density at radius 2 is 2.18 bits per heavy atom. The minimum Gasteiger partial charge on any atom is -0.476 e. The van der Waals surface area contributed by atoms with Crippen LogP contribution in [0.15, 0.2) is 12.4 Å². The Morgan fingerprint density at radius 1 is 1.41 bits per heavy atom. The molecule has 0 aliphatic heterocycles. The number of rotatable bonds is 3. The summed E-state index contributed by atoms with van der Waals surface area (Å²) >= 11 is 0. The number of hydrogen-bond donors (Lipinski definition) is 2. The minimum absolute atomic E-state index is 0.00530. The van der Waals surface area contributed by atoms with Crippen LogP contribution in [-0.4, -0.2) is 27.1 Å². The molecule has 1 aliphatic rings. The summed E-state index contributed by atoms with van der Waals surface area (Å²) in [5.74, 6) is 0.0368. The van der Waals surface area contributed by atoms with Crippen molar-refractivity contribution in [1.82, 2.24) is 9.97 Å². The third-order valence-electron chi connectivity index (χ3n) is 3.18. The Kier molecular flexibility index (Phi) is 3.56. The van der Waals surface area contributed by atoms with Crippen LogP contribution in [0.5, 0.6) is 0 Å². The molecule has 5 heteroatoms. The van der Waals surface area contributed by atoms with Crippen molar-refractivity contribution in [3.8, 4) is 0 Å². The average molecular weight is 235 g/mol. The second-order valence-electron chi connectivity index (χ2n) is 4.67. The number of carbonyl (C=O) groups is 1. The number of nitrogens with one attached hydrogen (secondary N) is 1. The fourth-order valence-electron chi connectivity index (χ4n) is 2.36. The molecule has 17 heavy (non-hydrogen) atoms. The molecule has 0 amide bonds. The smallest absolute Gasteiger partial charge is 0.358 e. The van der Waals surface area contributed by atoms with E-state index in [-0.39, 0.29) is 5.69 Å².